The molecular formula is C16H21ClFNO3. The molecule has 1 aliphatic heterocycles. The summed E-state index contributed by atoms with van der Waals surface area (Å²) in [7, 11) is 1.60. The average molecular weight is 330 g/mol. The summed E-state index contributed by atoms with van der Waals surface area (Å²) < 4.78 is 18.5. The van der Waals surface area contributed by atoms with Gasteiger partial charge in [0.25, 0.3) is 5.91 Å². The number of halogens is 2. The maximum atomic E-state index is 13.5. The van der Waals surface area contributed by atoms with Crippen molar-refractivity contribution in [3.05, 3.63) is 34.6 Å². The van der Waals surface area contributed by atoms with E-state index >= 15 is 0 Å². The van der Waals surface area contributed by atoms with E-state index < -0.39 is 11.4 Å². The highest BCUT2D eigenvalue weighted by Gasteiger charge is 2.39. The Kier molecular flexibility index (Phi) is 5.42. The fraction of sp³-hybridized carbons (Fsp3) is 0.562. The third kappa shape index (κ3) is 3.59. The molecule has 2 rings (SSSR count). The topological polar surface area (TPSA) is 49.8 Å². The molecule has 0 aromatic heterocycles. The standard InChI is InChI=1S/C16H21ClFNO3/c1-11-10-19(7-5-16(11,21)6-8-22-2)15(20)12-3-4-13(17)14(18)9-12/h3-4,9,11,21H,5-8,10H2,1-2H3/t11-,16-/m1/s1. The summed E-state index contributed by atoms with van der Waals surface area (Å²) >= 11 is 5.64. The minimum absolute atomic E-state index is 0.00231. The van der Waals surface area contributed by atoms with Gasteiger partial charge in [-0.2, -0.15) is 0 Å². The predicted molar refractivity (Wildman–Crippen MR) is 82.5 cm³/mol. The first-order chi connectivity index (χ1) is 10.4. The van der Waals surface area contributed by atoms with Gasteiger partial charge in [-0.05, 0) is 31.0 Å². The quantitative estimate of drug-likeness (QED) is 0.924. The molecule has 22 heavy (non-hydrogen) atoms. The second-order valence-electron chi connectivity index (χ2n) is 5.88. The van der Waals surface area contributed by atoms with Crippen molar-refractivity contribution >= 4 is 17.5 Å². The van der Waals surface area contributed by atoms with Crippen LogP contribution in [0.5, 0.6) is 0 Å². The lowest BCUT2D eigenvalue weighted by Gasteiger charge is -2.43. The van der Waals surface area contributed by atoms with Crippen LogP contribution in [0.2, 0.25) is 5.02 Å². The van der Waals surface area contributed by atoms with E-state index in [4.69, 9.17) is 16.3 Å². The molecule has 0 spiro atoms. The molecule has 0 aliphatic carbocycles. The zero-order chi connectivity index (χ0) is 16.3. The lowest BCUT2D eigenvalue weighted by molar-refractivity contribution is -0.0750. The Morgan fingerprint density at radius 2 is 2.32 bits per heavy atom. The predicted octanol–water partition coefficient (Wildman–Crippen LogP) is 2.73. The van der Waals surface area contributed by atoms with E-state index in [0.717, 1.165) is 6.07 Å². The van der Waals surface area contributed by atoms with Crippen LogP contribution >= 0.6 is 11.6 Å². The summed E-state index contributed by atoms with van der Waals surface area (Å²) in [6.45, 7) is 3.27. The number of carbonyl (C=O) groups excluding carboxylic acids is 1. The van der Waals surface area contributed by atoms with E-state index in [-0.39, 0.29) is 22.4 Å². The molecule has 0 unspecified atom stereocenters. The first-order valence-corrected chi connectivity index (χ1v) is 7.71. The number of aliphatic hydroxyl groups is 1. The van der Waals surface area contributed by atoms with E-state index in [1.54, 1.807) is 12.0 Å². The SMILES string of the molecule is COCC[C@]1(O)CCN(C(=O)c2ccc(Cl)c(F)c2)C[C@H]1C. The van der Waals surface area contributed by atoms with Gasteiger partial charge in [-0.1, -0.05) is 18.5 Å². The van der Waals surface area contributed by atoms with E-state index in [9.17, 15) is 14.3 Å². The number of nitrogens with zero attached hydrogens (tertiary/aromatic N) is 1. The van der Waals surface area contributed by atoms with Crippen molar-refractivity contribution in [3.63, 3.8) is 0 Å². The van der Waals surface area contributed by atoms with Crippen LogP contribution in [0, 0.1) is 11.7 Å². The first-order valence-electron chi connectivity index (χ1n) is 7.33. The summed E-state index contributed by atoms with van der Waals surface area (Å²) in [5.41, 5.74) is -0.547. The van der Waals surface area contributed by atoms with E-state index in [1.807, 2.05) is 6.92 Å². The Bertz CT molecular complexity index is 554. The number of hydrogen-bond donors (Lipinski definition) is 1. The fourth-order valence-corrected chi connectivity index (χ4v) is 2.93. The summed E-state index contributed by atoms with van der Waals surface area (Å²) in [5.74, 6) is -0.914. The summed E-state index contributed by atoms with van der Waals surface area (Å²) in [6, 6.07) is 4.05. The van der Waals surface area contributed by atoms with E-state index in [1.165, 1.54) is 12.1 Å². The zero-order valence-electron chi connectivity index (χ0n) is 12.8. The largest absolute Gasteiger partial charge is 0.389 e. The Morgan fingerprint density at radius 3 is 2.91 bits per heavy atom. The van der Waals surface area contributed by atoms with E-state index in [2.05, 4.69) is 0 Å². The third-order valence-corrected chi connectivity index (χ3v) is 4.73. The molecule has 1 aliphatic rings. The molecule has 2 atom stereocenters. The molecule has 1 aromatic rings. The van der Waals surface area contributed by atoms with Crippen molar-refractivity contribution in [2.45, 2.75) is 25.4 Å². The van der Waals surface area contributed by atoms with Gasteiger partial charge in [-0.15, -0.1) is 0 Å². The molecule has 122 valence electrons. The Labute approximate surface area is 134 Å². The van der Waals surface area contributed by atoms with Crippen LogP contribution in [0.4, 0.5) is 4.39 Å². The highest BCUT2D eigenvalue weighted by Crippen LogP contribution is 2.31. The average Bonchev–Trinajstić information content (AvgIpc) is 2.50. The number of hydrogen-bond acceptors (Lipinski definition) is 3. The van der Waals surface area contributed by atoms with E-state index in [0.29, 0.717) is 32.5 Å². The Balaban J connectivity index is 2.06. The van der Waals surface area contributed by atoms with Crippen molar-refractivity contribution in [2.75, 3.05) is 26.8 Å². The van der Waals surface area contributed by atoms with Crippen molar-refractivity contribution < 1.29 is 19.0 Å². The van der Waals surface area contributed by atoms with Crippen LogP contribution in [0.3, 0.4) is 0 Å². The molecule has 1 fully saturated rings. The van der Waals surface area contributed by atoms with Crippen LogP contribution in [0.15, 0.2) is 18.2 Å². The van der Waals surface area contributed by atoms with Gasteiger partial charge in [-0.3, -0.25) is 4.79 Å². The molecular weight excluding hydrogens is 309 g/mol. The van der Waals surface area contributed by atoms with Crippen LogP contribution in [-0.2, 0) is 4.74 Å². The highest BCUT2D eigenvalue weighted by atomic mass is 35.5. The second-order valence-corrected chi connectivity index (χ2v) is 6.28. The summed E-state index contributed by atoms with van der Waals surface area (Å²) in [6.07, 6.45) is 1.03. The lowest BCUT2D eigenvalue weighted by Crippen LogP contribution is -2.52. The van der Waals surface area contributed by atoms with Gasteiger partial charge in [0.2, 0.25) is 0 Å². The van der Waals surface area contributed by atoms with Gasteiger partial charge >= 0.3 is 0 Å². The van der Waals surface area contributed by atoms with Gasteiger partial charge in [0.1, 0.15) is 5.82 Å². The molecule has 1 aromatic carbocycles. The molecule has 1 amide bonds. The first kappa shape index (κ1) is 17.2. The highest BCUT2D eigenvalue weighted by molar-refractivity contribution is 6.30. The van der Waals surface area contributed by atoms with Crippen LogP contribution in [-0.4, -0.2) is 48.3 Å². The normalized spacial score (nSPS) is 25.3. The second kappa shape index (κ2) is 6.94. The molecule has 0 bridgehead atoms. The number of piperidine rings is 1. The molecule has 6 heteroatoms. The summed E-state index contributed by atoms with van der Waals surface area (Å²) in [5, 5.41) is 10.6. The van der Waals surface area contributed by atoms with Crippen molar-refractivity contribution in [3.8, 4) is 0 Å². The number of benzene rings is 1. The van der Waals surface area contributed by atoms with Crippen molar-refractivity contribution in [1.29, 1.82) is 0 Å². The Hall–Kier alpha value is -1.17. The summed E-state index contributed by atoms with van der Waals surface area (Å²) in [4.78, 5) is 14.1. The molecule has 1 N–H and O–H groups in total. The third-order valence-electron chi connectivity index (χ3n) is 4.42. The molecule has 0 saturated carbocycles. The number of methoxy groups -OCH3 is 1. The Morgan fingerprint density at radius 1 is 1.59 bits per heavy atom. The van der Waals surface area contributed by atoms with Crippen molar-refractivity contribution in [1.82, 2.24) is 4.90 Å². The molecule has 1 heterocycles. The number of ether oxygens (including phenoxy) is 1. The molecule has 0 radical (unpaired) electrons. The minimum Gasteiger partial charge on any atom is -0.389 e. The maximum absolute atomic E-state index is 13.5. The molecule has 4 nitrogen and oxygen atoms in total. The number of carbonyl (C=O) groups is 1. The van der Waals surface area contributed by atoms with Crippen LogP contribution in [0.25, 0.3) is 0 Å². The number of amides is 1. The maximum Gasteiger partial charge on any atom is 0.253 e. The number of likely N-dealkylation sites (tertiary alicyclic amines) is 1. The van der Waals surface area contributed by atoms with Gasteiger partial charge < -0.3 is 14.7 Å². The van der Waals surface area contributed by atoms with Crippen LogP contribution in [0.1, 0.15) is 30.1 Å². The zero-order valence-corrected chi connectivity index (χ0v) is 13.6. The van der Waals surface area contributed by atoms with Gasteiger partial charge in [0.05, 0.1) is 10.6 Å². The lowest BCUT2D eigenvalue weighted by atomic mass is 9.79. The smallest absolute Gasteiger partial charge is 0.253 e. The fourth-order valence-electron chi connectivity index (χ4n) is 2.81. The van der Waals surface area contributed by atoms with Gasteiger partial charge in [-0.25, -0.2) is 4.39 Å². The molecule has 1 saturated heterocycles. The van der Waals surface area contributed by atoms with Gasteiger partial charge in [0, 0.05) is 38.3 Å². The minimum atomic E-state index is -0.821. The van der Waals surface area contributed by atoms with Crippen LogP contribution < -0.4 is 0 Å². The number of rotatable bonds is 4. The van der Waals surface area contributed by atoms with Gasteiger partial charge in [0.15, 0.2) is 0 Å². The van der Waals surface area contributed by atoms with Crippen molar-refractivity contribution in [2.24, 2.45) is 5.92 Å². The monoisotopic (exact) mass is 329 g/mol.